The molecule has 0 aliphatic rings. The van der Waals surface area contributed by atoms with Crippen LogP contribution in [0.2, 0.25) is 0 Å². The smallest absolute Gasteiger partial charge is 0.277 e. The summed E-state index contributed by atoms with van der Waals surface area (Å²) < 4.78 is 10.7. The fourth-order valence-electron chi connectivity index (χ4n) is 1.63. The van der Waals surface area contributed by atoms with Crippen LogP contribution in [-0.2, 0) is 4.79 Å². The van der Waals surface area contributed by atoms with Gasteiger partial charge in [-0.05, 0) is 31.2 Å². The van der Waals surface area contributed by atoms with Gasteiger partial charge in [-0.2, -0.15) is 0 Å². The highest BCUT2D eigenvalue weighted by atomic mass is 32.2. The van der Waals surface area contributed by atoms with Crippen molar-refractivity contribution < 1.29 is 13.9 Å². The van der Waals surface area contributed by atoms with Crippen LogP contribution in [0, 0.1) is 0 Å². The van der Waals surface area contributed by atoms with Crippen molar-refractivity contribution in [1.82, 2.24) is 15.5 Å². The Hall–Kier alpha value is -2.28. The number of methoxy groups -OCH3 is 1. The van der Waals surface area contributed by atoms with Crippen LogP contribution in [0.5, 0.6) is 5.75 Å². The van der Waals surface area contributed by atoms with E-state index in [0.717, 1.165) is 11.3 Å². The number of carbonyl (C=O) groups is 1. The van der Waals surface area contributed by atoms with Gasteiger partial charge < -0.3 is 14.5 Å². The molecule has 116 valence electrons. The van der Waals surface area contributed by atoms with E-state index in [9.17, 15) is 4.79 Å². The van der Waals surface area contributed by atoms with E-state index in [-0.39, 0.29) is 11.2 Å². The van der Waals surface area contributed by atoms with Gasteiger partial charge in [0.25, 0.3) is 5.22 Å². The maximum absolute atomic E-state index is 11.8. The van der Waals surface area contributed by atoms with Gasteiger partial charge in [0, 0.05) is 12.1 Å². The minimum Gasteiger partial charge on any atom is -0.497 e. The Kier molecular flexibility index (Phi) is 5.60. The number of benzene rings is 1. The summed E-state index contributed by atoms with van der Waals surface area (Å²) in [5.74, 6) is 1.06. The van der Waals surface area contributed by atoms with Crippen molar-refractivity contribution >= 4 is 17.7 Å². The molecule has 0 radical (unpaired) electrons. The molecular weight excluding hydrogens is 302 g/mol. The summed E-state index contributed by atoms with van der Waals surface area (Å²) in [7, 11) is 1.61. The highest BCUT2D eigenvalue weighted by molar-refractivity contribution is 8.00. The summed E-state index contributed by atoms with van der Waals surface area (Å²) in [6, 6.07) is 7.30. The van der Waals surface area contributed by atoms with Gasteiger partial charge >= 0.3 is 0 Å². The summed E-state index contributed by atoms with van der Waals surface area (Å²) in [4.78, 5) is 11.8. The molecule has 0 saturated carbocycles. The van der Waals surface area contributed by atoms with E-state index in [4.69, 9.17) is 9.15 Å². The van der Waals surface area contributed by atoms with Gasteiger partial charge in [-0.15, -0.1) is 16.8 Å². The zero-order chi connectivity index (χ0) is 15.9. The lowest BCUT2D eigenvalue weighted by molar-refractivity contribution is -0.120. The van der Waals surface area contributed by atoms with Gasteiger partial charge in [-0.1, -0.05) is 17.8 Å². The van der Waals surface area contributed by atoms with E-state index in [1.807, 2.05) is 24.3 Å². The second kappa shape index (κ2) is 7.65. The molecule has 1 aromatic carbocycles. The molecule has 1 N–H and O–H groups in total. The predicted octanol–water partition coefficient (Wildman–Crippen LogP) is 2.53. The number of hydrogen-bond donors (Lipinski definition) is 1. The quantitative estimate of drug-likeness (QED) is 0.624. The summed E-state index contributed by atoms with van der Waals surface area (Å²) in [6.07, 6.45) is 1.63. The average Bonchev–Trinajstić information content (AvgIpc) is 3.01. The summed E-state index contributed by atoms with van der Waals surface area (Å²) in [6.45, 7) is 5.77. The molecule has 0 spiro atoms. The van der Waals surface area contributed by atoms with Gasteiger partial charge in [0.2, 0.25) is 11.8 Å². The Morgan fingerprint density at radius 2 is 2.18 bits per heavy atom. The highest BCUT2D eigenvalue weighted by Gasteiger charge is 2.18. The molecule has 1 aromatic heterocycles. The Labute approximate surface area is 133 Å². The van der Waals surface area contributed by atoms with Crippen LogP contribution in [0.25, 0.3) is 11.5 Å². The third-order valence-corrected chi connectivity index (χ3v) is 3.75. The van der Waals surface area contributed by atoms with E-state index < -0.39 is 0 Å². The first-order valence-corrected chi connectivity index (χ1v) is 7.55. The van der Waals surface area contributed by atoms with E-state index in [1.54, 1.807) is 20.1 Å². The largest absolute Gasteiger partial charge is 0.497 e. The highest BCUT2D eigenvalue weighted by Crippen LogP contribution is 2.27. The average molecular weight is 319 g/mol. The molecule has 0 aliphatic carbocycles. The van der Waals surface area contributed by atoms with Crippen molar-refractivity contribution in [2.24, 2.45) is 0 Å². The van der Waals surface area contributed by atoms with Gasteiger partial charge in [0.15, 0.2) is 0 Å². The third kappa shape index (κ3) is 4.11. The Morgan fingerprint density at radius 1 is 1.45 bits per heavy atom. The van der Waals surface area contributed by atoms with Crippen LogP contribution < -0.4 is 10.1 Å². The first-order valence-electron chi connectivity index (χ1n) is 6.67. The number of rotatable bonds is 7. The molecular formula is C15H17N3O3S. The van der Waals surface area contributed by atoms with Gasteiger partial charge in [0.1, 0.15) is 5.75 Å². The number of thioether (sulfide) groups is 1. The molecule has 1 amide bonds. The standard InChI is InChI=1S/C15H17N3O3S/c1-4-9-16-13(19)10(2)22-15-18-17-14(21-15)11-5-7-12(20-3)8-6-11/h4-8,10H,1,9H2,2-3H3,(H,16,19)/t10-/m0/s1. The normalized spacial score (nSPS) is 11.7. The van der Waals surface area contributed by atoms with E-state index in [2.05, 4.69) is 22.1 Å². The first kappa shape index (κ1) is 16.1. The number of amides is 1. The van der Waals surface area contributed by atoms with Crippen LogP contribution in [0.1, 0.15) is 6.92 Å². The van der Waals surface area contributed by atoms with Crippen LogP contribution in [0.4, 0.5) is 0 Å². The van der Waals surface area contributed by atoms with E-state index >= 15 is 0 Å². The molecule has 0 aliphatic heterocycles. The van der Waals surface area contributed by atoms with Crippen LogP contribution in [0.3, 0.4) is 0 Å². The molecule has 2 rings (SSSR count). The summed E-state index contributed by atoms with van der Waals surface area (Å²) in [5.41, 5.74) is 0.795. The molecule has 0 unspecified atom stereocenters. The fourth-order valence-corrected chi connectivity index (χ4v) is 2.34. The summed E-state index contributed by atoms with van der Waals surface area (Å²) >= 11 is 1.21. The fraction of sp³-hybridized carbons (Fsp3) is 0.267. The Morgan fingerprint density at radius 3 is 2.82 bits per heavy atom. The number of nitrogens with one attached hydrogen (secondary N) is 1. The van der Waals surface area contributed by atoms with Crippen molar-refractivity contribution in [3.63, 3.8) is 0 Å². The maximum Gasteiger partial charge on any atom is 0.277 e. The minimum absolute atomic E-state index is 0.103. The first-order chi connectivity index (χ1) is 10.6. The van der Waals surface area contributed by atoms with Gasteiger partial charge in [-0.3, -0.25) is 4.79 Å². The zero-order valence-corrected chi connectivity index (χ0v) is 13.2. The van der Waals surface area contributed by atoms with Crippen LogP contribution >= 0.6 is 11.8 Å². The number of nitrogens with zero attached hydrogens (tertiary/aromatic N) is 2. The lowest BCUT2D eigenvalue weighted by Gasteiger charge is -2.07. The second-order valence-electron chi connectivity index (χ2n) is 4.40. The third-order valence-electron chi connectivity index (χ3n) is 2.81. The topological polar surface area (TPSA) is 77.2 Å². The second-order valence-corrected chi connectivity index (χ2v) is 5.69. The van der Waals surface area contributed by atoms with E-state index in [1.165, 1.54) is 11.8 Å². The molecule has 0 fully saturated rings. The van der Waals surface area contributed by atoms with Crippen molar-refractivity contribution in [1.29, 1.82) is 0 Å². The van der Waals surface area contributed by atoms with Gasteiger partial charge in [0.05, 0.1) is 12.4 Å². The number of carbonyl (C=O) groups excluding carboxylic acids is 1. The van der Waals surface area contributed by atoms with Crippen LogP contribution in [0.15, 0.2) is 46.6 Å². The predicted molar refractivity (Wildman–Crippen MR) is 84.8 cm³/mol. The molecule has 1 heterocycles. The maximum atomic E-state index is 11.8. The van der Waals surface area contributed by atoms with Crippen molar-refractivity contribution in [2.75, 3.05) is 13.7 Å². The van der Waals surface area contributed by atoms with Crippen molar-refractivity contribution in [3.8, 4) is 17.2 Å². The Bertz CT molecular complexity index is 640. The minimum atomic E-state index is -0.330. The monoisotopic (exact) mass is 319 g/mol. The number of hydrogen-bond acceptors (Lipinski definition) is 6. The number of aromatic nitrogens is 2. The zero-order valence-electron chi connectivity index (χ0n) is 12.4. The molecule has 6 nitrogen and oxygen atoms in total. The molecule has 7 heteroatoms. The molecule has 2 aromatic rings. The summed E-state index contributed by atoms with van der Waals surface area (Å²) in [5, 5.41) is 10.7. The molecule has 0 saturated heterocycles. The van der Waals surface area contributed by atoms with Crippen LogP contribution in [-0.4, -0.2) is 35.0 Å². The Balaban J connectivity index is 2.01. The molecule has 0 bridgehead atoms. The SMILES string of the molecule is C=CCNC(=O)[C@H](C)Sc1nnc(-c2ccc(OC)cc2)o1. The lowest BCUT2D eigenvalue weighted by atomic mass is 10.2. The van der Waals surface area contributed by atoms with Crippen molar-refractivity contribution in [2.45, 2.75) is 17.4 Å². The molecule has 1 atom stereocenters. The van der Waals surface area contributed by atoms with E-state index in [0.29, 0.717) is 17.7 Å². The number of ether oxygens (including phenoxy) is 1. The molecule has 22 heavy (non-hydrogen) atoms. The van der Waals surface area contributed by atoms with Gasteiger partial charge in [-0.25, -0.2) is 0 Å². The van der Waals surface area contributed by atoms with Crippen molar-refractivity contribution in [3.05, 3.63) is 36.9 Å². The lowest BCUT2D eigenvalue weighted by Crippen LogP contribution is -2.30.